The summed E-state index contributed by atoms with van der Waals surface area (Å²) in [4.78, 5) is 17.0. The van der Waals surface area contributed by atoms with E-state index in [-0.39, 0.29) is 11.4 Å². The van der Waals surface area contributed by atoms with Crippen LogP contribution < -0.4 is 0 Å². The first kappa shape index (κ1) is 14.3. The first-order valence-corrected chi connectivity index (χ1v) is 7.77. The zero-order valence-electron chi connectivity index (χ0n) is 12.3. The summed E-state index contributed by atoms with van der Waals surface area (Å²) in [6, 6.07) is 11.7. The number of nitriles is 1. The van der Waals surface area contributed by atoms with E-state index >= 15 is 0 Å². The average molecular weight is 306 g/mol. The van der Waals surface area contributed by atoms with E-state index in [9.17, 15) is 10.1 Å². The van der Waals surface area contributed by atoms with E-state index in [0.717, 1.165) is 27.0 Å². The Morgan fingerprint density at radius 3 is 2.73 bits per heavy atom. The summed E-state index contributed by atoms with van der Waals surface area (Å²) < 4.78 is 0. The molecule has 2 heterocycles. The fourth-order valence-electron chi connectivity index (χ4n) is 2.52. The Morgan fingerprint density at radius 1 is 1.27 bits per heavy atom. The molecule has 0 aliphatic carbocycles. The molecule has 0 amide bonds. The number of Topliss-reactive ketones (excluding diaryl/α,β-unsaturated/α-hetero) is 1. The lowest BCUT2D eigenvalue weighted by atomic mass is 10.0. The van der Waals surface area contributed by atoms with Crippen LogP contribution in [0.1, 0.15) is 26.5 Å². The van der Waals surface area contributed by atoms with Crippen molar-refractivity contribution in [2.45, 2.75) is 13.8 Å². The normalized spacial score (nSPS) is 11.6. The average Bonchev–Trinajstić information content (AvgIpc) is 3.06. The first-order valence-electron chi connectivity index (χ1n) is 6.89. The predicted molar refractivity (Wildman–Crippen MR) is 90.0 cm³/mol. The highest BCUT2D eigenvalue weighted by Gasteiger charge is 2.19. The molecule has 0 fully saturated rings. The van der Waals surface area contributed by atoms with E-state index in [1.165, 1.54) is 11.3 Å². The minimum atomic E-state index is -0.231. The maximum Gasteiger partial charge on any atom is 0.206 e. The van der Waals surface area contributed by atoms with Gasteiger partial charge in [0.2, 0.25) is 5.78 Å². The summed E-state index contributed by atoms with van der Waals surface area (Å²) in [7, 11) is 0. The Bertz CT molecular complexity index is 938. The van der Waals surface area contributed by atoms with Crippen LogP contribution in [0, 0.1) is 25.2 Å². The van der Waals surface area contributed by atoms with Crippen molar-refractivity contribution in [1.82, 2.24) is 4.98 Å². The van der Waals surface area contributed by atoms with E-state index in [1.807, 2.05) is 49.6 Å². The van der Waals surface area contributed by atoms with Gasteiger partial charge in [0.15, 0.2) is 0 Å². The Hall–Kier alpha value is -2.64. The fraction of sp³-hybridized carbons (Fsp3) is 0.111. The minimum Gasteiger partial charge on any atom is -0.358 e. The van der Waals surface area contributed by atoms with Crippen LogP contribution >= 0.6 is 11.3 Å². The molecule has 3 rings (SSSR count). The molecule has 4 heteroatoms. The van der Waals surface area contributed by atoms with Crippen LogP contribution in [0.15, 0.2) is 41.3 Å². The van der Waals surface area contributed by atoms with Crippen LogP contribution in [0.4, 0.5) is 0 Å². The number of hydrogen-bond acceptors (Lipinski definition) is 3. The number of carbonyl (C=O) groups is 1. The molecule has 2 aromatic heterocycles. The van der Waals surface area contributed by atoms with E-state index in [2.05, 4.69) is 11.1 Å². The molecule has 0 aliphatic rings. The summed E-state index contributed by atoms with van der Waals surface area (Å²) >= 11 is 1.53. The molecule has 1 N–H and O–H groups in total. The van der Waals surface area contributed by atoms with Crippen molar-refractivity contribution in [3.8, 4) is 6.07 Å². The van der Waals surface area contributed by atoms with Gasteiger partial charge in [-0.2, -0.15) is 5.26 Å². The van der Waals surface area contributed by atoms with Gasteiger partial charge in [-0.05, 0) is 43.0 Å². The van der Waals surface area contributed by atoms with Gasteiger partial charge in [0.25, 0.3) is 0 Å². The molecule has 1 aromatic carbocycles. The van der Waals surface area contributed by atoms with Gasteiger partial charge in [-0.3, -0.25) is 4.79 Å². The second-order valence-electron chi connectivity index (χ2n) is 5.14. The number of rotatable bonds is 3. The van der Waals surface area contributed by atoms with E-state index in [1.54, 1.807) is 6.08 Å². The van der Waals surface area contributed by atoms with Gasteiger partial charge in [-0.25, -0.2) is 0 Å². The topological polar surface area (TPSA) is 56.6 Å². The molecule has 22 heavy (non-hydrogen) atoms. The number of carbonyl (C=O) groups excluding carboxylic acids is 1. The van der Waals surface area contributed by atoms with Crippen molar-refractivity contribution in [3.63, 3.8) is 0 Å². The van der Waals surface area contributed by atoms with Crippen molar-refractivity contribution in [2.75, 3.05) is 0 Å². The molecule has 108 valence electrons. The van der Waals surface area contributed by atoms with Gasteiger partial charge in [0, 0.05) is 21.5 Å². The molecule has 0 saturated carbocycles. The lowest BCUT2D eigenvalue weighted by Gasteiger charge is -2.00. The number of hydrogen-bond donors (Lipinski definition) is 1. The summed E-state index contributed by atoms with van der Waals surface area (Å²) in [6.45, 7) is 3.83. The Labute approximate surface area is 132 Å². The molecule has 3 nitrogen and oxygen atoms in total. The Balaban J connectivity index is 2.12. The number of benzene rings is 1. The van der Waals surface area contributed by atoms with Crippen LogP contribution in [0.3, 0.4) is 0 Å². The summed E-state index contributed by atoms with van der Waals surface area (Å²) in [5, 5.41) is 12.2. The molecule has 0 atom stereocenters. The molecular weight excluding hydrogens is 292 g/mol. The molecule has 0 bridgehead atoms. The number of allylic oxidation sites excluding steroid dienone is 1. The molecule has 0 aliphatic heterocycles. The smallest absolute Gasteiger partial charge is 0.206 e. The van der Waals surface area contributed by atoms with Gasteiger partial charge in [0.1, 0.15) is 11.6 Å². The third-order valence-corrected chi connectivity index (χ3v) is 4.63. The second-order valence-corrected chi connectivity index (χ2v) is 6.09. The largest absolute Gasteiger partial charge is 0.358 e. The number of aromatic amines is 1. The third-order valence-electron chi connectivity index (χ3n) is 3.66. The Kier molecular flexibility index (Phi) is 3.66. The first-order chi connectivity index (χ1) is 10.6. The number of fused-ring (bicyclic) bond motifs is 1. The zero-order valence-corrected chi connectivity index (χ0v) is 13.1. The highest BCUT2D eigenvalue weighted by Crippen LogP contribution is 2.26. The lowest BCUT2D eigenvalue weighted by molar-refractivity contribution is 0.104. The zero-order chi connectivity index (χ0) is 15.7. The van der Waals surface area contributed by atoms with Crippen molar-refractivity contribution in [2.24, 2.45) is 0 Å². The number of ketones is 1. The van der Waals surface area contributed by atoms with Crippen LogP contribution in [0.25, 0.3) is 17.0 Å². The number of nitrogens with one attached hydrogen (secondary N) is 1. The predicted octanol–water partition coefficient (Wildman–Crippen LogP) is 4.64. The molecule has 0 radical (unpaired) electrons. The molecule has 0 saturated heterocycles. The summed E-state index contributed by atoms with van der Waals surface area (Å²) in [5.41, 5.74) is 3.51. The Morgan fingerprint density at radius 2 is 2.05 bits per heavy atom. The standard InChI is InChI=1S/C18H14N2OS/c1-11-7-8-22-16(11)9-13(10-19)18(21)17-12(2)20-15-6-4-3-5-14(15)17/h3-9,20H,1-2H3/b13-9+. The number of aromatic nitrogens is 1. The monoisotopic (exact) mass is 306 g/mol. The van der Waals surface area contributed by atoms with Crippen LogP contribution in [0.2, 0.25) is 0 Å². The quantitative estimate of drug-likeness (QED) is 0.435. The van der Waals surface area contributed by atoms with Crippen LogP contribution in [-0.2, 0) is 0 Å². The number of aryl methyl sites for hydroxylation is 2. The highest BCUT2D eigenvalue weighted by molar-refractivity contribution is 7.11. The maximum atomic E-state index is 12.8. The number of para-hydroxylation sites is 1. The molecule has 0 unspecified atom stereocenters. The number of H-pyrrole nitrogens is 1. The van der Waals surface area contributed by atoms with Crippen molar-refractivity contribution in [3.05, 3.63) is 63.0 Å². The summed E-state index contributed by atoms with van der Waals surface area (Å²) in [6.07, 6.45) is 1.68. The van der Waals surface area contributed by atoms with Gasteiger partial charge in [0.05, 0.1) is 5.56 Å². The summed E-state index contributed by atoms with van der Waals surface area (Å²) in [5.74, 6) is -0.231. The van der Waals surface area contributed by atoms with Crippen LogP contribution in [0.5, 0.6) is 0 Å². The van der Waals surface area contributed by atoms with E-state index in [4.69, 9.17) is 0 Å². The van der Waals surface area contributed by atoms with Gasteiger partial charge in [-0.1, -0.05) is 18.2 Å². The maximum absolute atomic E-state index is 12.8. The molecule has 3 aromatic rings. The number of thiophene rings is 1. The SMILES string of the molecule is Cc1ccsc1/C=C(\C#N)C(=O)c1c(C)[nH]c2ccccc12. The van der Waals surface area contributed by atoms with Gasteiger partial charge >= 0.3 is 0 Å². The van der Waals surface area contributed by atoms with Gasteiger partial charge < -0.3 is 4.98 Å². The minimum absolute atomic E-state index is 0.165. The molecular formula is C18H14N2OS. The van der Waals surface area contributed by atoms with Gasteiger partial charge in [-0.15, -0.1) is 11.3 Å². The highest BCUT2D eigenvalue weighted by atomic mass is 32.1. The van der Waals surface area contributed by atoms with Crippen LogP contribution in [-0.4, -0.2) is 10.8 Å². The van der Waals surface area contributed by atoms with E-state index < -0.39 is 0 Å². The molecule has 0 spiro atoms. The number of nitrogens with zero attached hydrogens (tertiary/aromatic N) is 1. The van der Waals surface area contributed by atoms with Crippen molar-refractivity contribution < 1.29 is 4.79 Å². The van der Waals surface area contributed by atoms with Crippen molar-refractivity contribution >= 4 is 34.1 Å². The lowest BCUT2D eigenvalue weighted by Crippen LogP contribution is -2.03. The third kappa shape index (κ3) is 2.36. The fourth-order valence-corrected chi connectivity index (χ4v) is 3.37. The van der Waals surface area contributed by atoms with Crippen molar-refractivity contribution in [1.29, 1.82) is 5.26 Å². The van der Waals surface area contributed by atoms with E-state index in [0.29, 0.717) is 5.56 Å². The second kappa shape index (κ2) is 5.63.